The second-order valence-corrected chi connectivity index (χ2v) is 4.27. The van der Waals surface area contributed by atoms with Gasteiger partial charge in [-0.15, -0.1) is 0 Å². The Labute approximate surface area is 106 Å². The molecule has 3 N–H and O–H groups in total. The predicted octanol–water partition coefficient (Wildman–Crippen LogP) is 1.49. The van der Waals surface area contributed by atoms with E-state index in [0.29, 0.717) is 12.1 Å². The van der Waals surface area contributed by atoms with Crippen molar-refractivity contribution in [3.8, 4) is 0 Å². The number of nitrogens with one attached hydrogen (secondary N) is 1. The number of hydrogen-bond donors (Lipinski definition) is 2. The van der Waals surface area contributed by atoms with Gasteiger partial charge in [0, 0.05) is 18.9 Å². The van der Waals surface area contributed by atoms with E-state index in [4.69, 9.17) is 5.73 Å². The van der Waals surface area contributed by atoms with Gasteiger partial charge >= 0.3 is 0 Å². The van der Waals surface area contributed by atoms with Crippen molar-refractivity contribution in [3.63, 3.8) is 0 Å². The number of nitrogens with zero attached hydrogens (tertiary/aromatic N) is 2. The quantitative estimate of drug-likeness (QED) is 0.803. The van der Waals surface area contributed by atoms with Crippen molar-refractivity contribution >= 4 is 17.3 Å². The number of nitrogen functional groups attached to an aromatic ring is 1. The summed E-state index contributed by atoms with van der Waals surface area (Å²) in [4.78, 5) is 11.8. The maximum Gasteiger partial charge on any atom is 0.228 e. The molecule has 2 rings (SSSR count). The van der Waals surface area contributed by atoms with E-state index >= 15 is 0 Å². The van der Waals surface area contributed by atoms with Gasteiger partial charge in [0.25, 0.3) is 0 Å². The number of anilines is 2. The summed E-state index contributed by atoms with van der Waals surface area (Å²) in [5.41, 5.74) is 8.78. The molecule has 94 valence electrons. The zero-order chi connectivity index (χ0) is 13.1. The van der Waals surface area contributed by atoms with Crippen molar-refractivity contribution in [2.75, 3.05) is 11.1 Å². The lowest BCUT2D eigenvalue weighted by Gasteiger charge is -2.04. The fourth-order valence-corrected chi connectivity index (χ4v) is 1.74. The molecule has 5 nitrogen and oxygen atoms in total. The molecule has 0 fully saturated rings. The van der Waals surface area contributed by atoms with Gasteiger partial charge in [0.05, 0.1) is 17.8 Å². The summed E-state index contributed by atoms with van der Waals surface area (Å²) in [7, 11) is 1.82. The van der Waals surface area contributed by atoms with E-state index in [1.807, 2.05) is 26.1 Å². The second kappa shape index (κ2) is 4.91. The molecule has 5 heteroatoms. The zero-order valence-corrected chi connectivity index (χ0v) is 10.5. The van der Waals surface area contributed by atoms with Crippen LogP contribution in [0.1, 0.15) is 11.3 Å². The summed E-state index contributed by atoms with van der Waals surface area (Å²) in [6.07, 6.45) is 2.12. The molecule has 0 spiro atoms. The number of benzene rings is 1. The first-order valence-electron chi connectivity index (χ1n) is 5.69. The fourth-order valence-electron chi connectivity index (χ4n) is 1.74. The van der Waals surface area contributed by atoms with Crippen LogP contribution in [0.4, 0.5) is 11.4 Å². The van der Waals surface area contributed by atoms with Gasteiger partial charge in [0.1, 0.15) is 0 Å². The molecule has 0 radical (unpaired) electrons. The molecule has 1 aromatic carbocycles. The van der Waals surface area contributed by atoms with Crippen molar-refractivity contribution in [2.45, 2.75) is 13.3 Å². The minimum absolute atomic E-state index is 0.0594. The highest BCUT2D eigenvalue weighted by Crippen LogP contribution is 2.12. The zero-order valence-electron chi connectivity index (χ0n) is 10.5. The number of rotatable bonds is 3. The van der Waals surface area contributed by atoms with Crippen molar-refractivity contribution < 1.29 is 4.79 Å². The van der Waals surface area contributed by atoms with E-state index in [0.717, 1.165) is 16.9 Å². The molecule has 0 bridgehead atoms. The van der Waals surface area contributed by atoms with E-state index in [1.165, 1.54) is 0 Å². The lowest BCUT2D eigenvalue weighted by molar-refractivity contribution is -0.115. The predicted molar refractivity (Wildman–Crippen MR) is 71.1 cm³/mol. The van der Waals surface area contributed by atoms with Crippen LogP contribution in [0.15, 0.2) is 30.5 Å². The third kappa shape index (κ3) is 2.88. The summed E-state index contributed by atoms with van der Waals surface area (Å²) in [6, 6.07) is 7.28. The third-order valence-corrected chi connectivity index (χ3v) is 2.63. The number of aryl methyl sites for hydroxylation is 2. The van der Waals surface area contributed by atoms with Gasteiger partial charge in [-0.1, -0.05) is 12.1 Å². The van der Waals surface area contributed by atoms with Crippen LogP contribution in [0.2, 0.25) is 0 Å². The van der Waals surface area contributed by atoms with Gasteiger partial charge in [-0.25, -0.2) is 0 Å². The number of carbonyl (C=O) groups excluding carboxylic acids is 1. The van der Waals surface area contributed by atoms with Gasteiger partial charge in [0.2, 0.25) is 5.91 Å². The fraction of sp³-hybridized carbons (Fsp3) is 0.231. The molecule has 0 aliphatic heterocycles. The Kier molecular flexibility index (Phi) is 3.32. The summed E-state index contributed by atoms with van der Waals surface area (Å²) in [5.74, 6) is -0.0594. The van der Waals surface area contributed by atoms with Gasteiger partial charge in [-0.3, -0.25) is 9.48 Å². The summed E-state index contributed by atoms with van der Waals surface area (Å²) >= 11 is 0. The average Bonchev–Trinajstić information content (AvgIpc) is 2.61. The number of amides is 1. The average molecular weight is 244 g/mol. The molecule has 0 saturated carbocycles. The van der Waals surface area contributed by atoms with Crippen molar-refractivity contribution in [1.82, 2.24) is 9.78 Å². The first-order valence-corrected chi connectivity index (χ1v) is 5.69. The van der Waals surface area contributed by atoms with E-state index in [-0.39, 0.29) is 5.91 Å². The Hall–Kier alpha value is -2.30. The van der Waals surface area contributed by atoms with Gasteiger partial charge < -0.3 is 11.1 Å². The highest BCUT2D eigenvalue weighted by molar-refractivity contribution is 5.92. The highest BCUT2D eigenvalue weighted by atomic mass is 16.1. The minimum atomic E-state index is -0.0594. The Morgan fingerprint density at radius 1 is 1.39 bits per heavy atom. The molecule has 18 heavy (non-hydrogen) atoms. The molecular weight excluding hydrogens is 228 g/mol. The van der Waals surface area contributed by atoms with Gasteiger partial charge in [-0.05, 0) is 24.6 Å². The molecule has 1 heterocycles. The number of hydrogen-bond acceptors (Lipinski definition) is 3. The number of nitrogens with two attached hydrogens (primary N) is 1. The number of carbonyl (C=O) groups is 1. The molecule has 0 aliphatic carbocycles. The molecule has 0 unspecified atom stereocenters. The minimum Gasteiger partial charge on any atom is -0.399 e. The first kappa shape index (κ1) is 12.2. The number of aromatic nitrogens is 2. The molecular formula is C13H16N4O. The van der Waals surface area contributed by atoms with Crippen LogP contribution in [0.3, 0.4) is 0 Å². The van der Waals surface area contributed by atoms with E-state index in [9.17, 15) is 4.79 Å². The van der Waals surface area contributed by atoms with Crippen LogP contribution in [-0.4, -0.2) is 15.7 Å². The standard InChI is InChI=1S/C13H16N4O/c1-9-12(8-17(2)16-9)15-13(18)7-10-3-5-11(14)6-4-10/h3-6,8H,7,14H2,1-2H3,(H,15,18). The van der Waals surface area contributed by atoms with Gasteiger partial charge in [-0.2, -0.15) is 5.10 Å². The van der Waals surface area contributed by atoms with E-state index in [1.54, 1.807) is 23.0 Å². The van der Waals surface area contributed by atoms with Crippen LogP contribution >= 0.6 is 0 Å². The molecule has 1 amide bonds. The highest BCUT2D eigenvalue weighted by Gasteiger charge is 2.08. The Bertz CT molecular complexity index is 557. The first-order chi connectivity index (χ1) is 8.54. The molecule has 1 aromatic heterocycles. The third-order valence-electron chi connectivity index (χ3n) is 2.63. The molecule has 2 aromatic rings. The monoisotopic (exact) mass is 244 g/mol. The largest absolute Gasteiger partial charge is 0.399 e. The topological polar surface area (TPSA) is 72.9 Å². The molecule has 0 atom stereocenters. The van der Waals surface area contributed by atoms with Crippen molar-refractivity contribution in [1.29, 1.82) is 0 Å². The van der Waals surface area contributed by atoms with Crippen LogP contribution in [-0.2, 0) is 18.3 Å². The molecule has 0 aliphatic rings. The van der Waals surface area contributed by atoms with Crippen LogP contribution in [0, 0.1) is 6.92 Å². The summed E-state index contributed by atoms with van der Waals surface area (Å²) in [6.45, 7) is 1.86. The van der Waals surface area contributed by atoms with Crippen LogP contribution < -0.4 is 11.1 Å². The lowest BCUT2D eigenvalue weighted by Crippen LogP contribution is -2.14. The van der Waals surface area contributed by atoms with Crippen molar-refractivity contribution in [3.05, 3.63) is 41.7 Å². The summed E-state index contributed by atoms with van der Waals surface area (Å²) < 4.78 is 1.67. The normalized spacial score (nSPS) is 10.3. The maximum atomic E-state index is 11.8. The van der Waals surface area contributed by atoms with E-state index < -0.39 is 0 Å². The van der Waals surface area contributed by atoms with E-state index in [2.05, 4.69) is 10.4 Å². The van der Waals surface area contributed by atoms with Crippen molar-refractivity contribution in [2.24, 2.45) is 7.05 Å². The second-order valence-electron chi connectivity index (χ2n) is 4.27. The Balaban J connectivity index is 2.01. The molecule has 0 saturated heterocycles. The SMILES string of the molecule is Cc1nn(C)cc1NC(=O)Cc1ccc(N)cc1. The Morgan fingerprint density at radius 2 is 2.06 bits per heavy atom. The smallest absolute Gasteiger partial charge is 0.228 e. The lowest BCUT2D eigenvalue weighted by atomic mass is 10.1. The van der Waals surface area contributed by atoms with Crippen LogP contribution in [0.25, 0.3) is 0 Å². The maximum absolute atomic E-state index is 11.8. The Morgan fingerprint density at radius 3 is 2.61 bits per heavy atom. The summed E-state index contributed by atoms with van der Waals surface area (Å²) in [5, 5.41) is 7.01. The van der Waals surface area contributed by atoms with Crippen LogP contribution in [0.5, 0.6) is 0 Å². The van der Waals surface area contributed by atoms with Gasteiger partial charge in [0.15, 0.2) is 0 Å².